The summed E-state index contributed by atoms with van der Waals surface area (Å²) in [6.45, 7) is 0. The van der Waals surface area contributed by atoms with Gasteiger partial charge in [-0.15, -0.1) is 4.67 Å². The molecule has 0 bridgehead atoms. The van der Waals surface area contributed by atoms with Crippen molar-refractivity contribution in [3.8, 4) is 0 Å². The quantitative estimate of drug-likeness (QED) is 0.0828. The molecule has 0 spiro atoms. The first kappa shape index (κ1) is 39.0. The van der Waals surface area contributed by atoms with Crippen LogP contribution in [0.15, 0.2) is 0 Å². The summed E-state index contributed by atoms with van der Waals surface area (Å²) in [4.78, 5) is 14.9. The molecule has 0 rings (SSSR count). The molecule has 0 aromatic rings. The fourth-order valence-electron chi connectivity index (χ4n) is 0. The van der Waals surface area contributed by atoms with Crippen molar-refractivity contribution in [2.24, 2.45) is 0 Å². The minimum absolute atomic E-state index is 0. The topological polar surface area (TPSA) is 328 Å². The molecule has 0 aliphatic heterocycles. The van der Waals surface area contributed by atoms with Crippen LogP contribution in [0.4, 0.5) is 0 Å². The van der Waals surface area contributed by atoms with E-state index < -0.39 is 39.0 Å². The van der Waals surface area contributed by atoms with Gasteiger partial charge < -0.3 is 37.1 Å². The Bertz CT molecular complexity index is 493. The molecule has 0 aliphatic carbocycles. The number of hydrogen-bond donors (Lipinski definition) is 3. The van der Waals surface area contributed by atoms with Crippen molar-refractivity contribution >= 4 is 73.7 Å². The third-order valence-electron chi connectivity index (χ3n) is 0.106. The molecule has 3 N–H and O–H groups in total. The summed E-state index contributed by atoms with van der Waals surface area (Å²) in [5.74, 6) is 0. The van der Waals surface area contributed by atoms with Crippen molar-refractivity contribution in [3.63, 3.8) is 0 Å². The fourth-order valence-corrected chi connectivity index (χ4v) is 0. The van der Waals surface area contributed by atoms with Gasteiger partial charge >= 0.3 is 42.5 Å². The summed E-state index contributed by atoms with van der Waals surface area (Å²) >= 11 is 0. The van der Waals surface area contributed by atoms with Gasteiger partial charge in [0.15, 0.2) is 0 Å². The predicted molar refractivity (Wildman–Crippen MR) is 58.7 cm³/mol. The Morgan fingerprint density at radius 3 is 0.696 bits per heavy atom. The summed E-state index contributed by atoms with van der Waals surface area (Å²) in [5, 5.41) is 7.14. The summed E-state index contributed by atoms with van der Waals surface area (Å²) in [6.07, 6.45) is 0. The van der Waals surface area contributed by atoms with Crippen molar-refractivity contribution in [2.45, 2.75) is 0 Å². The molecule has 23 heteroatoms. The van der Waals surface area contributed by atoms with Gasteiger partial charge in [-0.1, -0.05) is 0 Å². The van der Waals surface area contributed by atoms with E-state index in [4.69, 9.17) is 67.6 Å². The zero-order valence-electron chi connectivity index (χ0n) is 9.88. The zero-order valence-corrected chi connectivity index (χ0v) is 15.5. The van der Waals surface area contributed by atoms with Crippen LogP contribution in [0.3, 0.4) is 0 Å². The van der Waals surface area contributed by atoms with E-state index in [9.17, 15) is 4.57 Å². The van der Waals surface area contributed by atoms with E-state index in [2.05, 4.69) is 4.67 Å². The SMILES string of the molecule is O=P(O)(O)OO.O=S(=O)([O-])[O-].O=S(=O)([O-])[O-].O=S(=O)([O-])[O-].[Al+3].[Al+3]. The minimum atomic E-state index is -5.17. The zero-order chi connectivity index (χ0) is 18.7. The van der Waals surface area contributed by atoms with Gasteiger partial charge in [0.25, 0.3) is 0 Å². The Kier molecular flexibility index (Phi) is 27.5. The van der Waals surface area contributed by atoms with Crippen LogP contribution in [0.1, 0.15) is 0 Å². The second-order valence-electron chi connectivity index (χ2n) is 1.80. The summed E-state index contributed by atoms with van der Waals surface area (Å²) < 4.78 is 114. The molecule has 134 valence electrons. The van der Waals surface area contributed by atoms with Gasteiger partial charge in [-0.05, 0) is 0 Å². The third-order valence-corrected chi connectivity index (χ3v) is 0.319. The molecule has 0 radical (unpaired) electrons. The second kappa shape index (κ2) is 16.2. The van der Waals surface area contributed by atoms with Gasteiger partial charge in [0.1, 0.15) is 0 Å². The van der Waals surface area contributed by atoms with Crippen molar-refractivity contribution < 1.29 is 76.9 Å². The van der Waals surface area contributed by atoms with E-state index >= 15 is 0 Å². The summed E-state index contributed by atoms with van der Waals surface area (Å²) in [7, 11) is -20.1. The first-order valence-corrected chi connectivity index (χ1v) is 8.48. The molecule has 0 aromatic heterocycles. The van der Waals surface area contributed by atoms with E-state index in [-0.39, 0.29) is 34.7 Å². The molecule has 23 heavy (non-hydrogen) atoms. The van der Waals surface area contributed by atoms with Crippen molar-refractivity contribution in [2.75, 3.05) is 0 Å². The maximum absolute atomic E-state index is 9.22. The first-order valence-electron chi connectivity index (χ1n) is 2.95. The second-order valence-corrected chi connectivity index (χ2v) is 5.39. The van der Waals surface area contributed by atoms with E-state index in [0.717, 1.165) is 0 Å². The number of rotatable bonds is 1. The molecule has 0 atom stereocenters. The van der Waals surface area contributed by atoms with Crippen LogP contribution in [0, 0.1) is 0 Å². The summed E-state index contributed by atoms with van der Waals surface area (Å²) in [6, 6.07) is 0. The molecular formula is H3Al2O17PS3. The number of hydrogen-bond acceptors (Lipinski definition) is 15. The van der Waals surface area contributed by atoms with Crippen LogP contribution < -0.4 is 0 Å². The van der Waals surface area contributed by atoms with Gasteiger partial charge in [-0.25, -0.2) is 9.82 Å². The summed E-state index contributed by atoms with van der Waals surface area (Å²) in [5.41, 5.74) is 0. The first-order chi connectivity index (χ1) is 8.56. The van der Waals surface area contributed by atoms with E-state index in [1.54, 1.807) is 0 Å². The monoisotopic (exact) mass is 456 g/mol. The molecule has 0 saturated heterocycles. The van der Waals surface area contributed by atoms with Gasteiger partial charge in [0, 0.05) is 31.2 Å². The molecular weight excluding hydrogens is 453 g/mol. The van der Waals surface area contributed by atoms with Crippen molar-refractivity contribution in [1.29, 1.82) is 0 Å². The normalized spacial score (nSPS) is 10.7. The van der Waals surface area contributed by atoms with Crippen LogP contribution in [0.5, 0.6) is 0 Å². The Labute approximate surface area is 150 Å². The van der Waals surface area contributed by atoms with Gasteiger partial charge in [-0.2, -0.15) is 0 Å². The third kappa shape index (κ3) is 698. The minimum Gasteiger partial charge on any atom is -0.759 e. The Hall–Kier alpha value is 0.745. The van der Waals surface area contributed by atoms with Crippen LogP contribution in [-0.4, -0.2) is 102 Å². The molecule has 0 fully saturated rings. The van der Waals surface area contributed by atoms with Crippen LogP contribution in [0.2, 0.25) is 0 Å². The van der Waals surface area contributed by atoms with E-state index in [0.29, 0.717) is 0 Å². The molecule has 0 unspecified atom stereocenters. The Morgan fingerprint density at radius 2 is 0.696 bits per heavy atom. The smallest absolute Gasteiger partial charge is 0.759 e. The standard InChI is InChI=1S/2Al.H3O5P.3H2O4S/c;;1-5-6(2,3)4;3*1-5(2,3)4/h;;1H,(H2,2,3,4);3*(H2,1,2,3,4)/q2*+3;;;;/p-6. The maximum Gasteiger partial charge on any atom is 3.00 e. The molecule has 0 heterocycles. The van der Waals surface area contributed by atoms with Gasteiger partial charge in [0.2, 0.25) is 0 Å². The van der Waals surface area contributed by atoms with E-state index in [1.165, 1.54) is 0 Å². The van der Waals surface area contributed by atoms with Crippen molar-refractivity contribution in [1.82, 2.24) is 0 Å². The molecule has 17 nitrogen and oxygen atoms in total. The van der Waals surface area contributed by atoms with E-state index in [1.807, 2.05) is 0 Å². The fraction of sp³-hybridized carbons (Fsp3) is 0. The largest absolute Gasteiger partial charge is 3.00 e. The Morgan fingerprint density at radius 1 is 0.652 bits per heavy atom. The van der Waals surface area contributed by atoms with Crippen LogP contribution >= 0.6 is 7.82 Å². The average Bonchev–Trinajstić information content (AvgIpc) is 1.91. The van der Waals surface area contributed by atoms with Crippen LogP contribution in [0.25, 0.3) is 0 Å². The molecule has 0 aromatic carbocycles. The molecule has 0 saturated carbocycles. The maximum atomic E-state index is 9.22. The van der Waals surface area contributed by atoms with Gasteiger partial charge in [0.05, 0.1) is 0 Å². The van der Waals surface area contributed by atoms with Crippen LogP contribution in [-0.2, 0) is 40.4 Å². The predicted octanol–water partition coefficient (Wildman–Crippen LogP) is -5.21. The van der Waals surface area contributed by atoms with Gasteiger partial charge in [-0.3, -0.25) is 25.3 Å². The molecule has 0 aliphatic rings. The Balaban J connectivity index is -0.0000000408. The van der Waals surface area contributed by atoms with Crippen molar-refractivity contribution in [3.05, 3.63) is 0 Å². The molecule has 0 amide bonds. The number of phosphoric acid groups is 1. The average molecular weight is 456 g/mol.